The lowest BCUT2D eigenvalue weighted by atomic mass is 10.1. The number of nitrogens with zero attached hydrogens (tertiary/aromatic N) is 2. The summed E-state index contributed by atoms with van der Waals surface area (Å²) in [6, 6.07) is 28.1. The van der Waals surface area contributed by atoms with E-state index in [1.807, 2.05) is 43.3 Å². The van der Waals surface area contributed by atoms with Crippen LogP contribution in [0, 0.1) is 6.92 Å². The van der Waals surface area contributed by atoms with Crippen molar-refractivity contribution < 1.29 is 9.21 Å². The van der Waals surface area contributed by atoms with Crippen molar-refractivity contribution in [2.45, 2.75) is 13.5 Å². The van der Waals surface area contributed by atoms with E-state index in [9.17, 15) is 4.79 Å². The van der Waals surface area contributed by atoms with E-state index in [-0.39, 0.29) is 11.0 Å². The third kappa shape index (κ3) is 7.39. The summed E-state index contributed by atoms with van der Waals surface area (Å²) < 4.78 is 5.83. The average molecular weight is 571 g/mol. The first-order valence-corrected chi connectivity index (χ1v) is 14.0. The van der Waals surface area contributed by atoms with Crippen molar-refractivity contribution in [2.75, 3.05) is 36.4 Å². The Hall–Kier alpha value is -3.91. The number of thiocarbonyl (C=S) groups is 1. The van der Waals surface area contributed by atoms with Crippen molar-refractivity contribution in [1.82, 2.24) is 10.2 Å². The highest BCUT2D eigenvalue weighted by molar-refractivity contribution is 7.80. The lowest BCUT2D eigenvalue weighted by Crippen LogP contribution is -2.45. The topological polar surface area (TPSA) is 60.8 Å². The molecular formula is C32H31ClN4O2S. The first kappa shape index (κ1) is 27.6. The predicted octanol–water partition coefficient (Wildman–Crippen LogP) is 6.76. The Morgan fingerprint density at radius 3 is 2.45 bits per heavy atom. The summed E-state index contributed by atoms with van der Waals surface area (Å²) in [5.74, 6) is 0.882. The van der Waals surface area contributed by atoms with Crippen LogP contribution in [-0.4, -0.2) is 42.1 Å². The molecule has 1 aliphatic rings. The van der Waals surface area contributed by atoms with Crippen molar-refractivity contribution in [2.24, 2.45) is 0 Å². The van der Waals surface area contributed by atoms with Gasteiger partial charge in [0, 0.05) is 60.8 Å². The highest BCUT2D eigenvalue weighted by atomic mass is 35.5. The maximum Gasteiger partial charge on any atom is 0.250 e. The summed E-state index contributed by atoms with van der Waals surface area (Å²) in [5, 5.41) is 6.65. The van der Waals surface area contributed by atoms with Crippen molar-refractivity contribution >= 4 is 52.3 Å². The average Bonchev–Trinajstić information content (AvgIpc) is 3.44. The van der Waals surface area contributed by atoms with Crippen LogP contribution >= 0.6 is 23.8 Å². The van der Waals surface area contributed by atoms with Gasteiger partial charge in [0.05, 0.1) is 0 Å². The molecule has 204 valence electrons. The number of piperazine rings is 1. The van der Waals surface area contributed by atoms with Crippen LogP contribution < -0.4 is 15.5 Å². The first-order chi connectivity index (χ1) is 19.4. The quantitative estimate of drug-likeness (QED) is 0.189. The van der Waals surface area contributed by atoms with Gasteiger partial charge in [-0.25, -0.2) is 0 Å². The summed E-state index contributed by atoms with van der Waals surface area (Å²) in [6.45, 7) is 6.95. The van der Waals surface area contributed by atoms with Crippen molar-refractivity contribution in [3.8, 4) is 11.3 Å². The van der Waals surface area contributed by atoms with Crippen LogP contribution in [0.4, 0.5) is 11.4 Å². The number of carbonyl (C=O) groups is 1. The Morgan fingerprint density at radius 1 is 0.975 bits per heavy atom. The van der Waals surface area contributed by atoms with Crippen LogP contribution in [0.3, 0.4) is 0 Å². The molecule has 1 amide bonds. The molecule has 6 nitrogen and oxygen atoms in total. The van der Waals surface area contributed by atoms with Crippen LogP contribution in [0.2, 0.25) is 5.02 Å². The van der Waals surface area contributed by atoms with Crippen LogP contribution in [0.15, 0.2) is 95.4 Å². The van der Waals surface area contributed by atoms with Crippen LogP contribution in [-0.2, 0) is 11.3 Å². The molecule has 2 heterocycles. The molecule has 0 unspecified atom stereocenters. The Bertz CT molecular complexity index is 1490. The minimum absolute atomic E-state index is 0.228. The van der Waals surface area contributed by atoms with E-state index in [1.165, 1.54) is 17.3 Å². The SMILES string of the molecule is Cc1ccc(-c2ccc(/C=C/C(=O)NC(=S)Nc3ccc(N4CCN(Cc5ccccc5)CC4)cc3)o2)cc1Cl. The largest absolute Gasteiger partial charge is 0.457 e. The van der Waals surface area contributed by atoms with Gasteiger partial charge < -0.3 is 14.6 Å². The fourth-order valence-electron chi connectivity index (χ4n) is 4.58. The van der Waals surface area contributed by atoms with Gasteiger partial charge in [0.2, 0.25) is 5.91 Å². The summed E-state index contributed by atoms with van der Waals surface area (Å²) >= 11 is 11.5. The lowest BCUT2D eigenvalue weighted by Gasteiger charge is -2.36. The predicted molar refractivity (Wildman–Crippen MR) is 168 cm³/mol. The van der Waals surface area contributed by atoms with E-state index in [0.717, 1.165) is 49.5 Å². The molecule has 0 atom stereocenters. The fraction of sp³-hybridized carbons (Fsp3) is 0.188. The molecule has 0 aliphatic carbocycles. The molecule has 0 bridgehead atoms. The normalized spacial score (nSPS) is 13.9. The molecule has 1 saturated heterocycles. The Morgan fingerprint density at radius 2 is 1.73 bits per heavy atom. The van der Waals surface area contributed by atoms with Crippen LogP contribution in [0.25, 0.3) is 17.4 Å². The molecule has 0 radical (unpaired) electrons. The molecule has 2 N–H and O–H groups in total. The van der Waals surface area contributed by atoms with Crippen LogP contribution in [0.1, 0.15) is 16.9 Å². The Balaban J connectivity index is 1.07. The molecule has 40 heavy (non-hydrogen) atoms. The fourth-order valence-corrected chi connectivity index (χ4v) is 4.98. The van der Waals surface area contributed by atoms with E-state index in [4.69, 9.17) is 28.2 Å². The van der Waals surface area contributed by atoms with Crippen molar-refractivity contribution in [1.29, 1.82) is 0 Å². The molecule has 1 fully saturated rings. The van der Waals surface area contributed by atoms with Gasteiger partial charge in [-0.2, -0.15) is 0 Å². The van der Waals surface area contributed by atoms with E-state index < -0.39 is 0 Å². The number of anilines is 2. The van der Waals surface area contributed by atoms with Gasteiger partial charge in [-0.1, -0.05) is 54.1 Å². The molecule has 0 spiro atoms. The van der Waals surface area contributed by atoms with E-state index >= 15 is 0 Å². The number of hydrogen-bond donors (Lipinski definition) is 2. The third-order valence-corrected chi connectivity index (χ3v) is 7.44. The van der Waals surface area contributed by atoms with E-state index in [2.05, 4.69) is 62.9 Å². The lowest BCUT2D eigenvalue weighted by molar-refractivity contribution is -0.115. The smallest absolute Gasteiger partial charge is 0.250 e. The van der Waals surface area contributed by atoms with Gasteiger partial charge in [-0.3, -0.25) is 15.0 Å². The van der Waals surface area contributed by atoms with Gasteiger partial charge in [0.1, 0.15) is 11.5 Å². The van der Waals surface area contributed by atoms with Gasteiger partial charge in [-0.15, -0.1) is 0 Å². The zero-order valence-corrected chi connectivity index (χ0v) is 23.8. The maximum atomic E-state index is 12.4. The number of carbonyl (C=O) groups excluding carboxylic acids is 1. The summed E-state index contributed by atoms with van der Waals surface area (Å²) in [5.41, 5.74) is 5.22. The summed E-state index contributed by atoms with van der Waals surface area (Å²) in [4.78, 5) is 17.3. The molecule has 3 aromatic carbocycles. The molecule has 1 aromatic heterocycles. The van der Waals surface area contributed by atoms with Crippen molar-refractivity contribution in [3.63, 3.8) is 0 Å². The maximum absolute atomic E-state index is 12.4. The van der Waals surface area contributed by atoms with Gasteiger partial charge in [0.15, 0.2) is 5.11 Å². The number of furan rings is 1. The summed E-state index contributed by atoms with van der Waals surface area (Å²) in [7, 11) is 0. The Kier molecular flexibility index (Phi) is 8.96. The molecule has 1 aliphatic heterocycles. The number of amides is 1. The van der Waals surface area contributed by atoms with E-state index in [1.54, 1.807) is 12.1 Å². The second kappa shape index (κ2) is 13.0. The molecule has 8 heteroatoms. The minimum Gasteiger partial charge on any atom is -0.457 e. The molecule has 5 rings (SSSR count). The second-order valence-electron chi connectivity index (χ2n) is 9.74. The highest BCUT2D eigenvalue weighted by Crippen LogP contribution is 2.27. The third-order valence-electron chi connectivity index (χ3n) is 6.83. The first-order valence-electron chi connectivity index (χ1n) is 13.2. The number of rotatable bonds is 7. The number of nitrogens with one attached hydrogen (secondary N) is 2. The number of hydrogen-bond acceptors (Lipinski definition) is 5. The molecule has 0 saturated carbocycles. The highest BCUT2D eigenvalue weighted by Gasteiger charge is 2.17. The van der Waals surface area contributed by atoms with Crippen molar-refractivity contribution in [3.05, 3.63) is 113 Å². The minimum atomic E-state index is -0.348. The Labute approximate surface area is 245 Å². The number of benzene rings is 3. The van der Waals surface area contributed by atoms with Gasteiger partial charge in [-0.05, 0) is 78.8 Å². The second-order valence-corrected chi connectivity index (χ2v) is 10.6. The van der Waals surface area contributed by atoms with Crippen LogP contribution in [0.5, 0.6) is 0 Å². The van der Waals surface area contributed by atoms with Gasteiger partial charge >= 0.3 is 0 Å². The van der Waals surface area contributed by atoms with Gasteiger partial charge in [0.25, 0.3) is 0 Å². The molecular weight excluding hydrogens is 540 g/mol. The standard InChI is InChI=1S/C32H31ClN4O2S/c1-23-7-8-25(21-29(23)33)30-15-13-28(39-30)14-16-31(38)35-32(40)34-26-9-11-27(12-10-26)37-19-17-36(18-20-37)22-24-5-3-2-4-6-24/h2-16,21H,17-20,22H2,1H3,(H2,34,35,38,40)/b16-14+. The monoisotopic (exact) mass is 570 g/mol. The number of halogens is 1. The molecule has 4 aromatic rings. The summed E-state index contributed by atoms with van der Waals surface area (Å²) in [6.07, 6.45) is 2.99. The zero-order chi connectivity index (χ0) is 27.9. The number of aryl methyl sites for hydroxylation is 1. The zero-order valence-electron chi connectivity index (χ0n) is 22.3. The van der Waals surface area contributed by atoms with E-state index in [0.29, 0.717) is 16.5 Å².